The molecule has 0 radical (unpaired) electrons. The molecular formula is C12H26N2O2. The second-order valence-corrected chi connectivity index (χ2v) is 4.53. The zero-order chi connectivity index (χ0) is 12.4. The van der Waals surface area contributed by atoms with Gasteiger partial charge in [-0.05, 0) is 25.2 Å². The van der Waals surface area contributed by atoms with Crippen molar-refractivity contribution < 1.29 is 9.90 Å². The lowest BCUT2D eigenvalue weighted by Gasteiger charge is -2.15. The van der Waals surface area contributed by atoms with Gasteiger partial charge in [0.2, 0.25) is 5.91 Å². The molecule has 0 aromatic rings. The molecule has 0 rings (SSSR count). The zero-order valence-corrected chi connectivity index (χ0v) is 10.8. The van der Waals surface area contributed by atoms with Crippen molar-refractivity contribution in [1.29, 1.82) is 0 Å². The van der Waals surface area contributed by atoms with Crippen molar-refractivity contribution in [3.63, 3.8) is 0 Å². The minimum absolute atomic E-state index is 0.0389. The van der Waals surface area contributed by atoms with E-state index in [-0.39, 0.29) is 18.6 Å². The lowest BCUT2D eigenvalue weighted by atomic mass is 10.1. The summed E-state index contributed by atoms with van der Waals surface area (Å²) in [5.41, 5.74) is 0. The molecule has 0 saturated carbocycles. The molecule has 96 valence electrons. The van der Waals surface area contributed by atoms with E-state index in [0.29, 0.717) is 18.9 Å². The van der Waals surface area contributed by atoms with Crippen LogP contribution in [0.5, 0.6) is 0 Å². The van der Waals surface area contributed by atoms with Crippen LogP contribution in [0.15, 0.2) is 0 Å². The number of carbonyl (C=O) groups is 1. The average Bonchev–Trinajstić information content (AvgIpc) is 2.23. The van der Waals surface area contributed by atoms with E-state index in [1.807, 2.05) is 6.92 Å². The van der Waals surface area contributed by atoms with E-state index in [4.69, 9.17) is 5.11 Å². The van der Waals surface area contributed by atoms with Crippen molar-refractivity contribution in [2.24, 2.45) is 5.92 Å². The molecule has 0 bridgehead atoms. The van der Waals surface area contributed by atoms with Gasteiger partial charge in [0, 0.05) is 19.2 Å². The number of aliphatic hydroxyl groups excluding tert-OH is 1. The summed E-state index contributed by atoms with van der Waals surface area (Å²) >= 11 is 0. The van der Waals surface area contributed by atoms with Crippen molar-refractivity contribution in [2.75, 3.05) is 19.7 Å². The molecule has 1 unspecified atom stereocenters. The Labute approximate surface area is 98.8 Å². The van der Waals surface area contributed by atoms with E-state index >= 15 is 0 Å². The Morgan fingerprint density at radius 3 is 2.50 bits per heavy atom. The van der Waals surface area contributed by atoms with E-state index < -0.39 is 0 Å². The fourth-order valence-electron chi connectivity index (χ4n) is 1.41. The molecule has 4 heteroatoms. The summed E-state index contributed by atoms with van der Waals surface area (Å²) < 4.78 is 0. The first-order valence-electron chi connectivity index (χ1n) is 6.21. The number of nitrogens with one attached hydrogen (secondary N) is 2. The second-order valence-electron chi connectivity index (χ2n) is 4.53. The van der Waals surface area contributed by atoms with Crippen LogP contribution in [0.1, 0.15) is 40.0 Å². The summed E-state index contributed by atoms with van der Waals surface area (Å²) in [7, 11) is 0. The van der Waals surface area contributed by atoms with Crippen LogP contribution in [-0.2, 0) is 4.79 Å². The van der Waals surface area contributed by atoms with Crippen molar-refractivity contribution >= 4 is 5.91 Å². The quantitative estimate of drug-likeness (QED) is 0.551. The molecule has 0 aliphatic heterocycles. The predicted molar refractivity (Wildman–Crippen MR) is 66.2 cm³/mol. The van der Waals surface area contributed by atoms with Gasteiger partial charge in [0.15, 0.2) is 0 Å². The number of hydrogen-bond acceptors (Lipinski definition) is 3. The Bertz CT molecular complexity index is 184. The normalized spacial score (nSPS) is 12.8. The average molecular weight is 230 g/mol. The van der Waals surface area contributed by atoms with E-state index in [2.05, 4.69) is 24.5 Å². The van der Waals surface area contributed by atoms with Crippen LogP contribution in [0.25, 0.3) is 0 Å². The Hall–Kier alpha value is -0.610. The molecule has 0 aliphatic carbocycles. The molecule has 16 heavy (non-hydrogen) atoms. The fourth-order valence-corrected chi connectivity index (χ4v) is 1.41. The molecule has 3 N–H and O–H groups in total. The lowest BCUT2D eigenvalue weighted by Crippen LogP contribution is -2.39. The summed E-state index contributed by atoms with van der Waals surface area (Å²) in [6, 6.07) is 0.237. The monoisotopic (exact) mass is 230 g/mol. The van der Waals surface area contributed by atoms with Gasteiger partial charge in [-0.1, -0.05) is 20.8 Å². The molecule has 1 amide bonds. The molecule has 0 heterocycles. The zero-order valence-electron chi connectivity index (χ0n) is 10.8. The number of hydrogen-bond donors (Lipinski definition) is 3. The maximum Gasteiger partial charge on any atom is 0.233 e. The molecule has 0 aromatic carbocycles. The van der Waals surface area contributed by atoms with Crippen molar-refractivity contribution in [3.05, 3.63) is 0 Å². The number of amides is 1. The van der Waals surface area contributed by atoms with Crippen molar-refractivity contribution in [2.45, 2.75) is 46.1 Å². The highest BCUT2D eigenvalue weighted by molar-refractivity contribution is 5.77. The highest BCUT2D eigenvalue weighted by Crippen LogP contribution is 1.97. The minimum atomic E-state index is 0.0389. The fraction of sp³-hybridized carbons (Fsp3) is 0.917. The molecule has 0 fully saturated rings. The first-order chi connectivity index (χ1) is 7.60. The van der Waals surface area contributed by atoms with Crippen LogP contribution in [0.2, 0.25) is 0 Å². The molecule has 0 saturated heterocycles. The highest BCUT2D eigenvalue weighted by atomic mass is 16.3. The van der Waals surface area contributed by atoms with Gasteiger partial charge in [-0.3, -0.25) is 4.79 Å². The van der Waals surface area contributed by atoms with E-state index in [1.165, 1.54) is 0 Å². The molecule has 0 aliphatic rings. The molecule has 0 aromatic heterocycles. The molecule has 4 nitrogen and oxygen atoms in total. The standard InChI is InChI=1S/C12H26N2O2/c1-4-11(6-8-15)14-9-12(16)13-7-5-10(2)3/h10-11,14-15H,4-9H2,1-3H3,(H,13,16). The van der Waals surface area contributed by atoms with Gasteiger partial charge in [-0.25, -0.2) is 0 Å². The lowest BCUT2D eigenvalue weighted by molar-refractivity contribution is -0.120. The van der Waals surface area contributed by atoms with E-state index in [1.54, 1.807) is 0 Å². The summed E-state index contributed by atoms with van der Waals surface area (Å²) in [4.78, 5) is 11.4. The summed E-state index contributed by atoms with van der Waals surface area (Å²) in [6.45, 7) is 7.58. The number of carbonyl (C=O) groups excluding carboxylic acids is 1. The third-order valence-electron chi connectivity index (χ3n) is 2.57. The van der Waals surface area contributed by atoms with Gasteiger partial charge in [-0.15, -0.1) is 0 Å². The minimum Gasteiger partial charge on any atom is -0.396 e. The third kappa shape index (κ3) is 8.68. The third-order valence-corrected chi connectivity index (χ3v) is 2.57. The van der Waals surface area contributed by atoms with Gasteiger partial charge >= 0.3 is 0 Å². The van der Waals surface area contributed by atoms with Crippen LogP contribution in [0.4, 0.5) is 0 Å². The van der Waals surface area contributed by atoms with Crippen LogP contribution >= 0.6 is 0 Å². The van der Waals surface area contributed by atoms with Gasteiger partial charge in [0.1, 0.15) is 0 Å². The van der Waals surface area contributed by atoms with Gasteiger partial charge in [0.25, 0.3) is 0 Å². The van der Waals surface area contributed by atoms with Crippen LogP contribution in [0.3, 0.4) is 0 Å². The van der Waals surface area contributed by atoms with Crippen LogP contribution in [-0.4, -0.2) is 36.8 Å². The largest absolute Gasteiger partial charge is 0.396 e. The number of rotatable bonds is 9. The Balaban J connectivity index is 3.55. The van der Waals surface area contributed by atoms with Crippen LogP contribution < -0.4 is 10.6 Å². The Morgan fingerprint density at radius 2 is 2.00 bits per heavy atom. The maximum absolute atomic E-state index is 11.4. The Kier molecular flexibility index (Phi) is 9.24. The van der Waals surface area contributed by atoms with E-state index in [0.717, 1.165) is 19.4 Å². The highest BCUT2D eigenvalue weighted by Gasteiger charge is 2.07. The molecule has 1 atom stereocenters. The second kappa shape index (κ2) is 9.60. The Morgan fingerprint density at radius 1 is 1.31 bits per heavy atom. The SMILES string of the molecule is CCC(CCO)NCC(=O)NCCC(C)C. The maximum atomic E-state index is 11.4. The molecular weight excluding hydrogens is 204 g/mol. The smallest absolute Gasteiger partial charge is 0.233 e. The van der Waals surface area contributed by atoms with Crippen molar-refractivity contribution in [1.82, 2.24) is 10.6 Å². The molecule has 0 spiro atoms. The van der Waals surface area contributed by atoms with Gasteiger partial charge in [0.05, 0.1) is 6.54 Å². The van der Waals surface area contributed by atoms with Gasteiger partial charge in [-0.2, -0.15) is 0 Å². The first-order valence-corrected chi connectivity index (χ1v) is 6.21. The van der Waals surface area contributed by atoms with Crippen molar-refractivity contribution in [3.8, 4) is 0 Å². The van der Waals surface area contributed by atoms with Gasteiger partial charge < -0.3 is 15.7 Å². The first kappa shape index (κ1) is 15.4. The summed E-state index contributed by atoms with van der Waals surface area (Å²) in [6.07, 6.45) is 2.65. The van der Waals surface area contributed by atoms with Crippen LogP contribution in [0, 0.1) is 5.92 Å². The predicted octanol–water partition coefficient (Wildman–Crippen LogP) is 0.899. The topological polar surface area (TPSA) is 61.4 Å². The summed E-state index contributed by atoms with van der Waals surface area (Å²) in [5, 5.41) is 14.8. The van der Waals surface area contributed by atoms with E-state index in [9.17, 15) is 4.79 Å². The number of aliphatic hydroxyl groups is 1. The summed E-state index contributed by atoms with van der Waals surface area (Å²) in [5.74, 6) is 0.656.